The van der Waals surface area contributed by atoms with Crippen LogP contribution < -0.4 is 5.32 Å². The van der Waals surface area contributed by atoms with Crippen LogP contribution in [0.1, 0.15) is 39.0 Å². The van der Waals surface area contributed by atoms with E-state index in [9.17, 15) is 22.8 Å². The van der Waals surface area contributed by atoms with Gasteiger partial charge in [0.2, 0.25) is 0 Å². The first-order valence-electron chi connectivity index (χ1n) is 8.01. The highest BCUT2D eigenvalue weighted by Gasteiger charge is 2.53. The van der Waals surface area contributed by atoms with Gasteiger partial charge in [-0.2, -0.15) is 13.2 Å². The van der Waals surface area contributed by atoms with Gasteiger partial charge in [0.05, 0.1) is 11.8 Å². The highest BCUT2D eigenvalue weighted by atomic mass is 19.4. The van der Waals surface area contributed by atoms with Gasteiger partial charge in [0.1, 0.15) is 0 Å². The standard InChI is InChI=1S/C15H23F3N2O3/c1-2-4-14(5-3-6-14)9-19-13(23)20-7-10(12(21)22)11(8-20)15(16,17)18/h10-11H,2-9H2,1H3,(H,19,23)(H,21,22)/t10-,11-/m1/s1. The van der Waals surface area contributed by atoms with E-state index in [2.05, 4.69) is 12.2 Å². The molecular formula is C15H23F3N2O3. The topological polar surface area (TPSA) is 69.6 Å². The molecule has 2 aliphatic rings. The predicted octanol–water partition coefficient (Wildman–Crippen LogP) is 2.86. The van der Waals surface area contributed by atoms with Crippen molar-refractivity contribution in [2.45, 2.75) is 45.2 Å². The first-order valence-corrected chi connectivity index (χ1v) is 8.01. The summed E-state index contributed by atoms with van der Waals surface area (Å²) in [4.78, 5) is 24.1. The number of amides is 2. The van der Waals surface area contributed by atoms with Gasteiger partial charge in [0, 0.05) is 19.6 Å². The van der Waals surface area contributed by atoms with Gasteiger partial charge in [0.15, 0.2) is 0 Å². The lowest BCUT2D eigenvalue weighted by Gasteiger charge is -2.42. The van der Waals surface area contributed by atoms with E-state index in [1.165, 1.54) is 0 Å². The molecule has 1 heterocycles. The lowest BCUT2D eigenvalue weighted by atomic mass is 9.66. The van der Waals surface area contributed by atoms with Crippen molar-refractivity contribution in [1.29, 1.82) is 0 Å². The number of urea groups is 1. The highest BCUT2D eigenvalue weighted by molar-refractivity contribution is 5.77. The second-order valence-electron chi connectivity index (χ2n) is 6.76. The smallest absolute Gasteiger partial charge is 0.394 e. The molecule has 0 radical (unpaired) electrons. The van der Waals surface area contributed by atoms with Crippen LogP contribution in [0.25, 0.3) is 0 Å². The van der Waals surface area contributed by atoms with Crippen LogP contribution in [0.15, 0.2) is 0 Å². The summed E-state index contributed by atoms with van der Waals surface area (Å²) in [6.07, 6.45) is 0.507. The van der Waals surface area contributed by atoms with Crippen LogP contribution in [0, 0.1) is 17.3 Å². The molecule has 0 unspecified atom stereocenters. The van der Waals surface area contributed by atoms with Gasteiger partial charge < -0.3 is 15.3 Å². The van der Waals surface area contributed by atoms with Crippen molar-refractivity contribution in [2.75, 3.05) is 19.6 Å². The molecule has 23 heavy (non-hydrogen) atoms. The first kappa shape index (κ1) is 17.9. The van der Waals surface area contributed by atoms with E-state index in [1.807, 2.05) is 0 Å². The maximum atomic E-state index is 12.9. The minimum absolute atomic E-state index is 0.0692. The number of hydrogen-bond acceptors (Lipinski definition) is 2. The Morgan fingerprint density at radius 2 is 1.96 bits per heavy atom. The molecule has 0 aromatic carbocycles. The van der Waals surface area contributed by atoms with Crippen molar-refractivity contribution < 1.29 is 27.9 Å². The summed E-state index contributed by atoms with van der Waals surface area (Å²) in [5, 5.41) is 11.7. The van der Waals surface area contributed by atoms with E-state index >= 15 is 0 Å². The Hall–Kier alpha value is -1.47. The van der Waals surface area contributed by atoms with Crippen molar-refractivity contribution in [3.05, 3.63) is 0 Å². The summed E-state index contributed by atoms with van der Waals surface area (Å²) in [5.41, 5.74) is 0.0692. The Labute approximate surface area is 133 Å². The molecule has 0 spiro atoms. The number of alkyl halides is 3. The molecule has 0 aromatic heterocycles. The van der Waals surface area contributed by atoms with E-state index in [0.29, 0.717) is 6.54 Å². The molecule has 8 heteroatoms. The quantitative estimate of drug-likeness (QED) is 0.811. The Balaban J connectivity index is 1.94. The number of carboxylic acids is 1. The molecule has 2 atom stereocenters. The van der Waals surface area contributed by atoms with Crippen molar-refractivity contribution in [1.82, 2.24) is 10.2 Å². The molecule has 1 aliphatic heterocycles. The molecule has 5 nitrogen and oxygen atoms in total. The number of halogens is 3. The van der Waals surface area contributed by atoms with Gasteiger partial charge in [-0.15, -0.1) is 0 Å². The first-order chi connectivity index (χ1) is 10.7. The largest absolute Gasteiger partial charge is 0.481 e. The number of aliphatic carboxylic acids is 1. The van der Waals surface area contributed by atoms with Crippen LogP contribution in [0.3, 0.4) is 0 Å². The summed E-state index contributed by atoms with van der Waals surface area (Å²) in [7, 11) is 0. The molecule has 1 saturated heterocycles. The Bertz CT molecular complexity index is 463. The summed E-state index contributed by atoms with van der Waals surface area (Å²) in [6, 6.07) is -0.592. The minimum Gasteiger partial charge on any atom is -0.481 e. The number of rotatable bonds is 5. The van der Waals surface area contributed by atoms with Gasteiger partial charge in [-0.1, -0.05) is 19.8 Å². The number of nitrogens with one attached hydrogen (secondary N) is 1. The van der Waals surface area contributed by atoms with Gasteiger partial charge >= 0.3 is 18.2 Å². The summed E-state index contributed by atoms with van der Waals surface area (Å²) in [6.45, 7) is 1.53. The van der Waals surface area contributed by atoms with Gasteiger partial charge in [-0.3, -0.25) is 4.79 Å². The molecule has 132 valence electrons. The average Bonchev–Trinajstić information content (AvgIpc) is 2.86. The zero-order valence-electron chi connectivity index (χ0n) is 13.2. The fraction of sp³-hybridized carbons (Fsp3) is 0.867. The normalized spacial score (nSPS) is 26.7. The van der Waals surface area contributed by atoms with Crippen LogP contribution in [0.4, 0.5) is 18.0 Å². The Morgan fingerprint density at radius 1 is 1.30 bits per heavy atom. The van der Waals surface area contributed by atoms with Crippen LogP contribution in [-0.2, 0) is 4.79 Å². The lowest BCUT2D eigenvalue weighted by Crippen LogP contribution is -2.47. The zero-order chi connectivity index (χ0) is 17.3. The SMILES string of the molecule is CCCC1(CNC(=O)N2C[C@@H](C(F)(F)F)[C@H](C(=O)O)C2)CCC1. The molecule has 0 bridgehead atoms. The second kappa shape index (κ2) is 6.57. The lowest BCUT2D eigenvalue weighted by molar-refractivity contribution is -0.187. The maximum absolute atomic E-state index is 12.9. The van der Waals surface area contributed by atoms with E-state index in [-0.39, 0.29) is 5.41 Å². The molecule has 2 amide bonds. The Morgan fingerprint density at radius 3 is 2.35 bits per heavy atom. The van der Waals surface area contributed by atoms with E-state index in [1.54, 1.807) is 0 Å². The number of hydrogen-bond donors (Lipinski definition) is 2. The third-order valence-electron chi connectivity index (χ3n) is 5.15. The molecule has 1 saturated carbocycles. The van der Waals surface area contributed by atoms with E-state index in [4.69, 9.17) is 5.11 Å². The van der Waals surface area contributed by atoms with E-state index < -0.39 is 43.1 Å². The van der Waals surface area contributed by atoms with Crippen LogP contribution >= 0.6 is 0 Å². The third kappa shape index (κ3) is 3.90. The molecular weight excluding hydrogens is 313 g/mol. The zero-order valence-corrected chi connectivity index (χ0v) is 13.2. The Kier molecular flexibility index (Phi) is 5.10. The van der Waals surface area contributed by atoms with E-state index in [0.717, 1.165) is 37.0 Å². The molecule has 2 fully saturated rings. The summed E-state index contributed by atoms with van der Waals surface area (Å²) >= 11 is 0. The fourth-order valence-corrected chi connectivity index (χ4v) is 3.65. The number of carbonyl (C=O) groups is 2. The molecule has 2 rings (SSSR count). The minimum atomic E-state index is -4.62. The monoisotopic (exact) mass is 336 g/mol. The van der Waals surface area contributed by atoms with Crippen molar-refractivity contribution >= 4 is 12.0 Å². The average molecular weight is 336 g/mol. The maximum Gasteiger partial charge on any atom is 0.394 e. The number of carboxylic acid groups (broad SMARTS) is 1. The highest BCUT2D eigenvalue weighted by Crippen LogP contribution is 2.44. The summed E-state index contributed by atoms with van der Waals surface area (Å²) < 4.78 is 38.8. The van der Waals surface area contributed by atoms with Crippen molar-refractivity contribution in [3.8, 4) is 0 Å². The number of carbonyl (C=O) groups excluding carboxylic acids is 1. The predicted molar refractivity (Wildman–Crippen MR) is 76.8 cm³/mol. The second-order valence-corrected chi connectivity index (χ2v) is 6.76. The number of likely N-dealkylation sites (tertiary alicyclic amines) is 1. The van der Waals surface area contributed by atoms with Gasteiger partial charge in [-0.05, 0) is 24.7 Å². The number of nitrogens with zero attached hydrogens (tertiary/aromatic N) is 1. The van der Waals surface area contributed by atoms with Crippen LogP contribution in [0.5, 0.6) is 0 Å². The van der Waals surface area contributed by atoms with Crippen molar-refractivity contribution in [2.24, 2.45) is 17.3 Å². The van der Waals surface area contributed by atoms with Crippen LogP contribution in [0.2, 0.25) is 0 Å². The molecule has 0 aromatic rings. The van der Waals surface area contributed by atoms with Gasteiger partial charge in [0.25, 0.3) is 0 Å². The van der Waals surface area contributed by atoms with Gasteiger partial charge in [-0.25, -0.2) is 4.79 Å². The fourth-order valence-electron chi connectivity index (χ4n) is 3.65. The third-order valence-corrected chi connectivity index (χ3v) is 5.15. The molecule has 2 N–H and O–H groups in total. The molecule has 1 aliphatic carbocycles. The van der Waals surface area contributed by atoms with Crippen LogP contribution in [-0.4, -0.2) is 47.8 Å². The summed E-state index contributed by atoms with van der Waals surface area (Å²) in [5.74, 6) is -5.10. The van der Waals surface area contributed by atoms with Crippen molar-refractivity contribution in [3.63, 3.8) is 0 Å².